The Morgan fingerprint density at radius 2 is 1.89 bits per heavy atom. The Morgan fingerprint density at radius 3 is 2.60 bits per heavy atom. The average molecular weight is 512 g/mol. The fraction of sp³-hybridized carbons (Fsp3) is 0.250. The second-order valence-corrected chi connectivity index (χ2v) is 9.22. The number of amides is 1. The number of carbonyl (C=O) groups excluding carboxylic acids is 1. The van der Waals surface area contributed by atoms with E-state index in [-0.39, 0.29) is 18.0 Å². The maximum absolute atomic E-state index is 13.4. The van der Waals surface area contributed by atoms with Crippen LogP contribution in [0, 0.1) is 0 Å². The van der Waals surface area contributed by atoms with E-state index in [1.54, 1.807) is 54.7 Å². The molecule has 0 saturated carbocycles. The third-order valence-electron chi connectivity index (χ3n) is 5.94. The van der Waals surface area contributed by atoms with E-state index in [4.69, 9.17) is 23.2 Å². The minimum atomic E-state index is -0.344. The predicted molar refractivity (Wildman–Crippen MR) is 138 cm³/mol. The third-order valence-corrected chi connectivity index (χ3v) is 6.68. The molecule has 0 spiro atoms. The van der Waals surface area contributed by atoms with Crippen LogP contribution >= 0.6 is 23.2 Å². The molecular weight excluding hydrogens is 489 g/mol. The molecule has 4 aromatic rings. The molecule has 0 unspecified atom stereocenters. The molecular formula is C24H23Cl2N7O2. The molecule has 11 heteroatoms. The van der Waals surface area contributed by atoms with Gasteiger partial charge in [0.1, 0.15) is 5.82 Å². The minimum Gasteiger partial charge on any atom is -0.354 e. The molecule has 0 atom stereocenters. The Hall–Kier alpha value is -3.40. The number of anilines is 2. The third kappa shape index (κ3) is 4.88. The number of aryl methyl sites for hydroxylation is 1. The van der Waals surface area contributed by atoms with Gasteiger partial charge in [0.25, 0.3) is 11.5 Å². The molecule has 0 aliphatic carbocycles. The summed E-state index contributed by atoms with van der Waals surface area (Å²) in [6.07, 6.45) is 6.42. The zero-order valence-electron chi connectivity index (χ0n) is 19.0. The second-order valence-electron chi connectivity index (χ2n) is 8.41. The van der Waals surface area contributed by atoms with Crippen molar-refractivity contribution in [2.45, 2.75) is 6.54 Å². The summed E-state index contributed by atoms with van der Waals surface area (Å²) in [5.74, 6) is 0.388. The van der Waals surface area contributed by atoms with Gasteiger partial charge >= 0.3 is 0 Å². The molecule has 9 nitrogen and oxygen atoms in total. The topological polar surface area (TPSA) is 97.1 Å². The van der Waals surface area contributed by atoms with Crippen molar-refractivity contribution >= 4 is 51.4 Å². The Kier molecular flexibility index (Phi) is 6.46. The fourth-order valence-corrected chi connectivity index (χ4v) is 4.48. The van der Waals surface area contributed by atoms with E-state index < -0.39 is 0 Å². The van der Waals surface area contributed by atoms with Crippen molar-refractivity contribution in [3.63, 3.8) is 0 Å². The number of aromatic nitrogens is 4. The number of carbonyl (C=O) groups is 1. The summed E-state index contributed by atoms with van der Waals surface area (Å²) in [5.41, 5.74) is 1.46. The van der Waals surface area contributed by atoms with Gasteiger partial charge in [0.15, 0.2) is 0 Å². The summed E-state index contributed by atoms with van der Waals surface area (Å²) >= 11 is 12.2. The van der Waals surface area contributed by atoms with E-state index in [9.17, 15) is 9.59 Å². The first-order chi connectivity index (χ1) is 16.9. The number of pyridine rings is 2. The normalized spacial score (nSPS) is 13.9. The number of nitrogens with one attached hydrogen (secondary N) is 2. The number of hydrogen-bond donors (Lipinski definition) is 2. The molecule has 1 saturated heterocycles. The molecule has 1 fully saturated rings. The first kappa shape index (κ1) is 23.3. The van der Waals surface area contributed by atoms with E-state index in [1.807, 2.05) is 6.07 Å². The fourth-order valence-electron chi connectivity index (χ4n) is 4.16. The summed E-state index contributed by atoms with van der Waals surface area (Å²) < 4.78 is 3.09. The highest BCUT2D eigenvalue weighted by Crippen LogP contribution is 2.25. The molecule has 0 bridgehead atoms. The average Bonchev–Trinajstić information content (AvgIpc) is 3.27. The van der Waals surface area contributed by atoms with Crippen molar-refractivity contribution in [3.05, 3.63) is 80.6 Å². The summed E-state index contributed by atoms with van der Waals surface area (Å²) in [6, 6.07) is 7.01. The van der Waals surface area contributed by atoms with E-state index in [0.29, 0.717) is 32.1 Å². The van der Waals surface area contributed by atoms with Gasteiger partial charge in [0.05, 0.1) is 39.4 Å². The van der Waals surface area contributed by atoms with Crippen molar-refractivity contribution in [2.75, 3.05) is 36.4 Å². The molecule has 2 N–H and O–H groups in total. The standard InChI is InChI=1S/C24H23Cl2N7O2/c1-31-13-16(10-29-31)30-23(34)19-14-33(12-15-2-3-20(25)21(26)8-15)24(35)18-11-28-22(9-17(18)19)32-6-4-27-5-7-32/h2-3,8-11,13-14,27H,4-7,12H2,1H3,(H,30,34). The SMILES string of the molecule is Cn1cc(NC(=O)c2cn(Cc3ccc(Cl)c(Cl)c3)c(=O)c3cnc(N4CCNCC4)cc23)cn1. The van der Waals surface area contributed by atoms with Gasteiger partial charge in [-0.3, -0.25) is 14.3 Å². The Labute approximate surface area is 211 Å². The van der Waals surface area contributed by atoms with Crippen LogP contribution in [0.3, 0.4) is 0 Å². The number of rotatable bonds is 5. The summed E-state index contributed by atoms with van der Waals surface area (Å²) in [5, 5.41) is 12.0. The van der Waals surface area contributed by atoms with E-state index in [1.165, 1.54) is 4.57 Å². The molecule has 35 heavy (non-hydrogen) atoms. The summed E-state index contributed by atoms with van der Waals surface area (Å²) in [4.78, 5) is 33.5. The molecule has 180 valence electrons. The number of hydrogen-bond acceptors (Lipinski definition) is 6. The zero-order chi connectivity index (χ0) is 24.5. The van der Waals surface area contributed by atoms with Crippen LogP contribution in [0.15, 0.2) is 53.8 Å². The highest BCUT2D eigenvalue weighted by molar-refractivity contribution is 6.42. The van der Waals surface area contributed by atoms with Crippen LogP contribution in [0.2, 0.25) is 10.0 Å². The zero-order valence-corrected chi connectivity index (χ0v) is 20.5. The lowest BCUT2D eigenvalue weighted by atomic mass is 10.1. The first-order valence-electron chi connectivity index (χ1n) is 11.1. The van der Waals surface area contributed by atoms with Crippen LogP contribution in [0.4, 0.5) is 11.5 Å². The van der Waals surface area contributed by atoms with Gasteiger partial charge in [0, 0.05) is 57.2 Å². The van der Waals surface area contributed by atoms with Crippen LogP contribution in [0.25, 0.3) is 10.8 Å². The first-order valence-corrected chi connectivity index (χ1v) is 11.9. The van der Waals surface area contributed by atoms with Crippen LogP contribution in [-0.4, -0.2) is 51.4 Å². The van der Waals surface area contributed by atoms with E-state index in [2.05, 4.69) is 25.6 Å². The predicted octanol–water partition coefficient (Wildman–Crippen LogP) is 3.15. The number of benzene rings is 1. The van der Waals surface area contributed by atoms with Crippen molar-refractivity contribution in [3.8, 4) is 0 Å². The monoisotopic (exact) mass is 511 g/mol. The molecule has 1 amide bonds. The van der Waals surface area contributed by atoms with E-state index in [0.717, 1.165) is 37.6 Å². The van der Waals surface area contributed by atoms with Crippen LogP contribution in [0.5, 0.6) is 0 Å². The molecule has 3 aromatic heterocycles. The Balaban J connectivity index is 1.61. The van der Waals surface area contributed by atoms with Gasteiger partial charge in [-0.05, 0) is 23.8 Å². The molecule has 4 heterocycles. The smallest absolute Gasteiger partial charge is 0.260 e. The lowest BCUT2D eigenvalue weighted by molar-refractivity contribution is 0.102. The summed E-state index contributed by atoms with van der Waals surface area (Å²) in [6.45, 7) is 3.51. The lowest BCUT2D eigenvalue weighted by Crippen LogP contribution is -2.43. The van der Waals surface area contributed by atoms with Gasteiger partial charge in [-0.2, -0.15) is 5.10 Å². The highest BCUT2D eigenvalue weighted by Gasteiger charge is 2.19. The molecule has 0 radical (unpaired) electrons. The molecule has 5 rings (SSSR count). The summed E-state index contributed by atoms with van der Waals surface area (Å²) in [7, 11) is 1.77. The van der Waals surface area contributed by atoms with Gasteiger partial charge in [0.2, 0.25) is 0 Å². The number of fused-ring (bicyclic) bond motifs is 1. The minimum absolute atomic E-state index is 0.221. The molecule has 1 aliphatic rings. The Bertz CT molecular complexity index is 1470. The molecule has 1 aromatic carbocycles. The Morgan fingerprint density at radius 1 is 1.09 bits per heavy atom. The van der Waals surface area contributed by atoms with Crippen molar-refractivity contribution in [2.24, 2.45) is 7.05 Å². The van der Waals surface area contributed by atoms with E-state index >= 15 is 0 Å². The van der Waals surface area contributed by atoms with Crippen LogP contribution in [0.1, 0.15) is 15.9 Å². The number of piperazine rings is 1. The van der Waals surface area contributed by atoms with Gasteiger partial charge < -0.3 is 20.1 Å². The van der Waals surface area contributed by atoms with Gasteiger partial charge in [-0.1, -0.05) is 29.3 Å². The van der Waals surface area contributed by atoms with Crippen molar-refractivity contribution in [1.29, 1.82) is 0 Å². The van der Waals surface area contributed by atoms with Gasteiger partial charge in [-0.15, -0.1) is 0 Å². The van der Waals surface area contributed by atoms with Crippen LogP contribution in [-0.2, 0) is 13.6 Å². The van der Waals surface area contributed by atoms with Crippen molar-refractivity contribution in [1.82, 2.24) is 24.6 Å². The lowest BCUT2D eigenvalue weighted by Gasteiger charge is -2.28. The maximum atomic E-state index is 13.4. The largest absolute Gasteiger partial charge is 0.354 e. The number of nitrogens with zero attached hydrogens (tertiary/aromatic N) is 5. The molecule has 1 aliphatic heterocycles. The second kappa shape index (κ2) is 9.69. The van der Waals surface area contributed by atoms with Crippen molar-refractivity contribution < 1.29 is 4.79 Å². The quantitative estimate of drug-likeness (QED) is 0.427. The highest BCUT2D eigenvalue weighted by atomic mass is 35.5. The van der Waals surface area contributed by atoms with Crippen LogP contribution < -0.4 is 21.1 Å². The maximum Gasteiger partial charge on any atom is 0.260 e. The van der Waals surface area contributed by atoms with Gasteiger partial charge in [-0.25, -0.2) is 4.98 Å². The number of halogens is 2.